The topological polar surface area (TPSA) is 20.2 Å². The van der Waals surface area contributed by atoms with Gasteiger partial charge in [-0.2, -0.15) is 0 Å². The van der Waals surface area contributed by atoms with Crippen LogP contribution in [0.15, 0.2) is 35.9 Å². The van der Waals surface area contributed by atoms with E-state index in [2.05, 4.69) is 6.08 Å². The molecule has 1 aromatic rings. The van der Waals surface area contributed by atoms with E-state index in [9.17, 15) is 9.50 Å². The van der Waals surface area contributed by atoms with Crippen LogP contribution in [0.4, 0.5) is 4.39 Å². The molecule has 1 aromatic carbocycles. The molecule has 0 saturated carbocycles. The summed E-state index contributed by atoms with van der Waals surface area (Å²) in [6, 6.07) is 6.14. The lowest BCUT2D eigenvalue weighted by molar-refractivity contribution is 0.0931. The summed E-state index contributed by atoms with van der Waals surface area (Å²) in [7, 11) is 0. The van der Waals surface area contributed by atoms with Crippen LogP contribution >= 0.6 is 0 Å². The average Bonchev–Trinajstić information content (AvgIpc) is 2.58. The van der Waals surface area contributed by atoms with Crippen LogP contribution in [-0.4, -0.2) is 5.11 Å². The van der Waals surface area contributed by atoms with Gasteiger partial charge in [0.15, 0.2) is 0 Å². The molecule has 0 amide bonds. The second-order valence-electron chi connectivity index (χ2n) is 4.91. The van der Waals surface area contributed by atoms with Gasteiger partial charge in [-0.15, -0.1) is 0 Å². The summed E-state index contributed by atoms with van der Waals surface area (Å²) in [5.74, 6) is -0.264. The first-order valence-corrected chi connectivity index (χ1v) is 6.28. The van der Waals surface area contributed by atoms with Gasteiger partial charge >= 0.3 is 0 Å². The van der Waals surface area contributed by atoms with Gasteiger partial charge in [0, 0.05) is 0 Å². The van der Waals surface area contributed by atoms with Crippen LogP contribution in [0.3, 0.4) is 0 Å². The second kappa shape index (κ2) is 5.01. The molecule has 2 heteroatoms. The summed E-state index contributed by atoms with van der Waals surface area (Å²) < 4.78 is 12.9. The molecule has 0 aromatic heterocycles. The van der Waals surface area contributed by atoms with Crippen LogP contribution in [-0.2, 0) is 5.60 Å². The second-order valence-corrected chi connectivity index (χ2v) is 4.91. The van der Waals surface area contributed by atoms with Crippen molar-refractivity contribution in [3.8, 4) is 0 Å². The fourth-order valence-electron chi connectivity index (χ4n) is 2.42. The number of aliphatic hydroxyl groups is 1. The highest BCUT2D eigenvalue weighted by Crippen LogP contribution is 2.34. The first-order valence-electron chi connectivity index (χ1n) is 6.28. The molecule has 2 rings (SSSR count). The van der Waals surface area contributed by atoms with Gasteiger partial charge in [0.2, 0.25) is 0 Å². The number of halogens is 1. The van der Waals surface area contributed by atoms with Crippen molar-refractivity contribution in [1.82, 2.24) is 0 Å². The molecular weight excluding hydrogens is 215 g/mol. The van der Waals surface area contributed by atoms with Crippen molar-refractivity contribution in [2.45, 2.75) is 44.6 Å². The highest BCUT2D eigenvalue weighted by Gasteiger charge is 2.28. The molecule has 1 nitrogen and oxygen atoms in total. The molecule has 0 radical (unpaired) electrons. The lowest BCUT2D eigenvalue weighted by Crippen LogP contribution is -2.24. The molecule has 92 valence electrons. The Balaban J connectivity index is 2.27. The molecule has 0 saturated heterocycles. The fraction of sp³-hybridized carbons (Fsp3) is 0.467. The minimum Gasteiger partial charge on any atom is -0.381 e. The predicted molar refractivity (Wildman–Crippen MR) is 67.1 cm³/mol. The van der Waals surface area contributed by atoms with Crippen molar-refractivity contribution in [1.29, 1.82) is 0 Å². The van der Waals surface area contributed by atoms with E-state index in [-0.39, 0.29) is 5.82 Å². The first kappa shape index (κ1) is 12.3. The number of allylic oxidation sites excluding steroid dienone is 1. The summed E-state index contributed by atoms with van der Waals surface area (Å²) >= 11 is 0. The smallest absolute Gasteiger partial charge is 0.123 e. The Morgan fingerprint density at radius 1 is 1.12 bits per heavy atom. The Bertz CT molecular complexity index is 403. The lowest BCUT2D eigenvalue weighted by atomic mass is 9.85. The zero-order chi connectivity index (χ0) is 12.3. The molecule has 1 aliphatic carbocycles. The molecule has 0 spiro atoms. The number of rotatable bonds is 2. The minimum absolute atomic E-state index is 0.264. The predicted octanol–water partition coefficient (Wildman–Crippen LogP) is 3.92. The van der Waals surface area contributed by atoms with Crippen molar-refractivity contribution < 1.29 is 9.50 Å². The van der Waals surface area contributed by atoms with Gasteiger partial charge in [-0.25, -0.2) is 4.39 Å². The number of hydrogen-bond acceptors (Lipinski definition) is 1. The van der Waals surface area contributed by atoms with E-state index in [1.165, 1.54) is 25.0 Å². The average molecular weight is 234 g/mol. The molecule has 1 aliphatic rings. The Morgan fingerprint density at radius 3 is 2.53 bits per heavy atom. The Morgan fingerprint density at radius 2 is 1.82 bits per heavy atom. The van der Waals surface area contributed by atoms with E-state index in [1.807, 2.05) is 0 Å². The summed E-state index contributed by atoms with van der Waals surface area (Å²) in [5, 5.41) is 10.6. The van der Waals surface area contributed by atoms with Crippen molar-refractivity contribution in [2.75, 3.05) is 0 Å². The van der Waals surface area contributed by atoms with Gasteiger partial charge in [0.05, 0.1) is 0 Å². The van der Waals surface area contributed by atoms with E-state index < -0.39 is 5.60 Å². The number of benzene rings is 1. The Hall–Kier alpha value is -1.15. The van der Waals surface area contributed by atoms with Gasteiger partial charge in [-0.1, -0.05) is 24.6 Å². The Kier molecular flexibility index (Phi) is 3.63. The van der Waals surface area contributed by atoms with Crippen molar-refractivity contribution in [2.24, 2.45) is 0 Å². The largest absolute Gasteiger partial charge is 0.381 e. The van der Waals surface area contributed by atoms with Crippen molar-refractivity contribution >= 4 is 0 Å². The number of hydrogen-bond donors (Lipinski definition) is 1. The van der Waals surface area contributed by atoms with Crippen LogP contribution in [0, 0.1) is 5.82 Å². The van der Waals surface area contributed by atoms with E-state index in [1.54, 1.807) is 19.1 Å². The first-order chi connectivity index (χ1) is 8.10. The third-order valence-corrected chi connectivity index (χ3v) is 3.57. The summed E-state index contributed by atoms with van der Waals surface area (Å²) in [6.45, 7) is 1.80. The molecule has 17 heavy (non-hydrogen) atoms. The molecule has 0 heterocycles. The summed E-state index contributed by atoms with van der Waals surface area (Å²) in [6.07, 6.45) is 7.67. The van der Waals surface area contributed by atoms with Crippen LogP contribution < -0.4 is 0 Å². The molecule has 1 atom stereocenters. The van der Waals surface area contributed by atoms with Gasteiger partial charge < -0.3 is 5.11 Å². The van der Waals surface area contributed by atoms with E-state index in [0.29, 0.717) is 0 Å². The monoisotopic (exact) mass is 234 g/mol. The molecule has 0 aliphatic heterocycles. The van der Waals surface area contributed by atoms with Crippen LogP contribution in [0.5, 0.6) is 0 Å². The van der Waals surface area contributed by atoms with Gasteiger partial charge in [0.25, 0.3) is 0 Å². The van der Waals surface area contributed by atoms with Crippen molar-refractivity contribution in [3.63, 3.8) is 0 Å². The van der Waals surface area contributed by atoms with E-state index in [0.717, 1.165) is 30.4 Å². The van der Waals surface area contributed by atoms with Gasteiger partial charge in [0.1, 0.15) is 11.4 Å². The molecule has 0 fully saturated rings. The SMILES string of the molecule is CC(O)(C1=CCCCCC1)c1ccc(F)cc1. The lowest BCUT2D eigenvalue weighted by Gasteiger charge is -2.27. The third kappa shape index (κ3) is 2.75. The normalized spacial score (nSPS) is 20.3. The maximum absolute atomic E-state index is 12.9. The van der Waals surface area contributed by atoms with Gasteiger partial charge in [-0.3, -0.25) is 0 Å². The maximum atomic E-state index is 12.9. The zero-order valence-corrected chi connectivity index (χ0v) is 10.2. The van der Waals surface area contributed by atoms with Crippen LogP contribution in [0.2, 0.25) is 0 Å². The molecule has 0 bridgehead atoms. The van der Waals surface area contributed by atoms with Crippen LogP contribution in [0.1, 0.15) is 44.6 Å². The highest BCUT2D eigenvalue weighted by atomic mass is 19.1. The van der Waals surface area contributed by atoms with Gasteiger partial charge in [-0.05, 0) is 55.9 Å². The quantitative estimate of drug-likeness (QED) is 0.769. The van der Waals surface area contributed by atoms with Crippen molar-refractivity contribution in [3.05, 3.63) is 47.3 Å². The Labute approximate surface area is 102 Å². The van der Waals surface area contributed by atoms with E-state index in [4.69, 9.17) is 0 Å². The highest BCUT2D eigenvalue weighted by molar-refractivity contribution is 5.32. The third-order valence-electron chi connectivity index (χ3n) is 3.57. The molecular formula is C15H19FO. The van der Waals surface area contributed by atoms with E-state index >= 15 is 0 Å². The molecule has 1 unspecified atom stereocenters. The minimum atomic E-state index is -0.960. The molecule has 1 N–H and O–H groups in total. The maximum Gasteiger partial charge on any atom is 0.123 e. The standard InChI is InChI=1S/C15H19FO/c1-15(17,12-6-4-2-3-5-7-12)13-8-10-14(16)11-9-13/h6,8-11,17H,2-5,7H2,1H3. The summed E-state index contributed by atoms with van der Waals surface area (Å²) in [4.78, 5) is 0. The fourth-order valence-corrected chi connectivity index (χ4v) is 2.42. The summed E-state index contributed by atoms with van der Waals surface area (Å²) in [5.41, 5.74) is 0.881. The van der Waals surface area contributed by atoms with Crippen LogP contribution in [0.25, 0.3) is 0 Å². The zero-order valence-electron chi connectivity index (χ0n) is 10.2.